The molecule has 0 radical (unpaired) electrons. The van der Waals surface area contributed by atoms with Crippen molar-refractivity contribution in [3.05, 3.63) is 71.3 Å². The van der Waals surface area contributed by atoms with Crippen molar-refractivity contribution in [2.24, 2.45) is 11.5 Å². The second kappa shape index (κ2) is 12.0. The van der Waals surface area contributed by atoms with Crippen LogP contribution in [0.5, 0.6) is 0 Å². The molecule has 7 N–H and O–H groups in total. The summed E-state index contributed by atoms with van der Waals surface area (Å²) in [5.41, 5.74) is 14.0. The molecule has 0 aromatic heterocycles. The summed E-state index contributed by atoms with van der Waals surface area (Å²) in [5.74, 6) is 0.141. The number of benzene rings is 2. The molecule has 2 rings (SSSR count). The number of hydrogen-bond acceptors (Lipinski definition) is 5. The van der Waals surface area contributed by atoms with E-state index in [1.807, 2.05) is 48.7 Å². The third kappa shape index (κ3) is 7.53. The number of nitrogen functional groups attached to an aromatic ring is 1. The average molecular weight is 428 g/mol. The SMILES string of the molecule is CSCCC(NC(=O)C(N)Cc1ccccc1)C(=O)NCc1ccc(C(=N)N)cc1. The monoisotopic (exact) mass is 427 g/mol. The van der Waals surface area contributed by atoms with Gasteiger partial charge < -0.3 is 22.1 Å². The highest BCUT2D eigenvalue weighted by Crippen LogP contribution is 2.07. The third-order valence-electron chi connectivity index (χ3n) is 4.61. The van der Waals surface area contributed by atoms with Gasteiger partial charge in [-0.25, -0.2) is 0 Å². The lowest BCUT2D eigenvalue weighted by Crippen LogP contribution is -2.52. The second-order valence-electron chi connectivity index (χ2n) is 6.97. The van der Waals surface area contributed by atoms with Crippen LogP contribution >= 0.6 is 11.8 Å². The highest BCUT2D eigenvalue weighted by Gasteiger charge is 2.23. The molecule has 0 saturated heterocycles. The minimum atomic E-state index is -0.726. The topological polar surface area (TPSA) is 134 Å². The number of thioether (sulfide) groups is 1. The maximum atomic E-state index is 12.7. The number of rotatable bonds is 11. The van der Waals surface area contributed by atoms with E-state index in [2.05, 4.69) is 10.6 Å². The molecule has 2 aromatic carbocycles. The van der Waals surface area contributed by atoms with Crippen LogP contribution in [0.3, 0.4) is 0 Å². The van der Waals surface area contributed by atoms with Crippen LogP contribution in [0, 0.1) is 5.41 Å². The summed E-state index contributed by atoms with van der Waals surface area (Å²) < 4.78 is 0. The number of carbonyl (C=O) groups excluding carboxylic acids is 2. The Balaban J connectivity index is 1.93. The summed E-state index contributed by atoms with van der Waals surface area (Å²) in [7, 11) is 0. The van der Waals surface area contributed by atoms with E-state index in [4.69, 9.17) is 16.9 Å². The quantitative estimate of drug-likeness (QED) is 0.273. The largest absolute Gasteiger partial charge is 0.384 e. The van der Waals surface area contributed by atoms with Gasteiger partial charge in [0.05, 0.1) is 6.04 Å². The Morgan fingerprint density at radius 3 is 2.30 bits per heavy atom. The molecule has 0 heterocycles. The van der Waals surface area contributed by atoms with Crippen molar-refractivity contribution in [3.63, 3.8) is 0 Å². The van der Waals surface area contributed by atoms with Gasteiger partial charge in [-0.05, 0) is 36.0 Å². The molecule has 2 amide bonds. The molecule has 0 spiro atoms. The van der Waals surface area contributed by atoms with Gasteiger partial charge in [-0.15, -0.1) is 0 Å². The Morgan fingerprint density at radius 1 is 1.03 bits per heavy atom. The smallest absolute Gasteiger partial charge is 0.242 e. The van der Waals surface area contributed by atoms with Gasteiger partial charge in [-0.3, -0.25) is 15.0 Å². The molecule has 2 aromatic rings. The van der Waals surface area contributed by atoms with Gasteiger partial charge in [0.1, 0.15) is 11.9 Å². The van der Waals surface area contributed by atoms with E-state index in [1.54, 1.807) is 23.9 Å². The van der Waals surface area contributed by atoms with Crippen LogP contribution in [0.1, 0.15) is 23.1 Å². The zero-order valence-electron chi connectivity index (χ0n) is 17.1. The van der Waals surface area contributed by atoms with E-state index >= 15 is 0 Å². The van der Waals surface area contributed by atoms with Gasteiger partial charge in [-0.2, -0.15) is 11.8 Å². The molecule has 0 aliphatic heterocycles. The van der Waals surface area contributed by atoms with Gasteiger partial charge in [0, 0.05) is 12.1 Å². The lowest BCUT2D eigenvalue weighted by atomic mass is 10.1. The van der Waals surface area contributed by atoms with E-state index in [0.717, 1.165) is 16.9 Å². The first kappa shape index (κ1) is 23.4. The average Bonchev–Trinajstić information content (AvgIpc) is 2.75. The minimum Gasteiger partial charge on any atom is -0.384 e. The minimum absolute atomic E-state index is 0.00253. The highest BCUT2D eigenvalue weighted by molar-refractivity contribution is 7.98. The van der Waals surface area contributed by atoms with Gasteiger partial charge >= 0.3 is 0 Å². The normalized spacial score (nSPS) is 12.6. The Bertz CT molecular complexity index is 842. The molecule has 0 aliphatic carbocycles. The molecule has 30 heavy (non-hydrogen) atoms. The van der Waals surface area contributed by atoms with Crippen LogP contribution in [0.25, 0.3) is 0 Å². The fourth-order valence-corrected chi connectivity index (χ4v) is 3.33. The Hall–Kier alpha value is -2.84. The Kier molecular flexibility index (Phi) is 9.37. The molecule has 160 valence electrons. The first-order valence-corrected chi connectivity index (χ1v) is 11.1. The molecule has 0 bridgehead atoms. The first-order chi connectivity index (χ1) is 14.4. The zero-order chi connectivity index (χ0) is 21.9. The van der Waals surface area contributed by atoms with Gasteiger partial charge in [0.25, 0.3) is 0 Å². The molecule has 2 atom stereocenters. The van der Waals surface area contributed by atoms with E-state index in [0.29, 0.717) is 24.9 Å². The van der Waals surface area contributed by atoms with Crippen LogP contribution in [-0.4, -0.2) is 41.7 Å². The fourth-order valence-electron chi connectivity index (χ4n) is 2.86. The molecule has 0 saturated carbocycles. The lowest BCUT2D eigenvalue weighted by Gasteiger charge is -2.20. The van der Waals surface area contributed by atoms with E-state index in [-0.39, 0.29) is 17.6 Å². The number of amidine groups is 1. The third-order valence-corrected chi connectivity index (χ3v) is 5.25. The maximum Gasteiger partial charge on any atom is 0.242 e. The number of carbonyl (C=O) groups is 2. The van der Waals surface area contributed by atoms with E-state index < -0.39 is 12.1 Å². The zero-order valence-corrected chi connectivity index (χ0v) is 17.9. The van der Waals surface area contributed by atoms with E-state index in [1.165, 1.54) is 0 Å². The number of nitrogens with two attached hydrogens (primary N) is 2. The van der Waals surface area contributed by atoms with Gasteiger partial charge in [0.15, 0.2) is 0 Å². The lowest BCUT2D eigenvalue weighted by molar-refractivity contribution is -0.129. The summed E-state index contributed by atoms with van der Waals surface area (Å²) >= 11 is 1.61. The summed E-state index contributed by atoms with van der Waals surface area (Å²) in [5, 5.41) is 13.1. The van der Waals surface area contributed by atoms with Gasteiger partial charge in [-0.1, -0.05) is 54.6 Å². The van der Waals surface area contributed by atoms with Crippen molar-refractivity contribution in [1.29, 1.82) is 5.41 Å². The van der Waals surface area contributed by atoms with Crippen molar-refractivity contribution >= 4 is 29.4 Å². The number of nitrogens with one attached hydrogen (secondary N) is 3. The van der Waals surface area contributed by atoms with Crippen LogP contribution < -0.4 is 22.1 Å². The van der Waals surface area contributed by atoms with Crippen molar-refractivity contribution < 1.29 is 9.59 Å². The molecule has 0 fully saturated rings. The first-order valence-electron chi connectivity index (χ1n) is 9.70. The van der Waals surface area contributed by atoms with Crippen LogP contribution in [-0.2, 0) is 22.6 Å². The van der Waals surface area contributed by atoms with Crippen LogP contribution in [0.15, 0.2) is 54.6 Å². The number of hydrogen-bond donors (Lipinski definition) is 5. The standard InChI is InChI=1S/C22H29N5O2S/c1-30-12-11-19(27-21(28)18(23)13-15-5-3-2-4-6-15)22(29)26-14-16-7-9-17(10-8-16)20(24)25/h2-10,18-19H,11-14,23H2,1H3,(H3,24,25)(H,26,29)(H,27,28). The maximum absolute atomic E-state index is 12.7. The Morgan fingerprint density at radius 2 is 1.70 bits per heavy atom. The van der Waals surface area contributed by atoms with Crippen molar-refractivity contribution in [1.82, 2.24) is 10.6 Å². The predicted octanol–water partition coefficient (Wildman–Crippen LogP) is 1.39. The van der Waals surface area contributed by atoms with Gasteiger partial charge in [0.2, 0.25) is 11.8 Å². The summed E-state index contributed by atoms with van der Waals surface area (Å²) in [4.78, 5) is 25.2. The number of amides is 2. The summed E-state index contributed by atoms with van der Waals surface area (Å²) in [6.45, 7) is 0.318. The van der Waals surface area contributed by atoms with Crippen LogP contribution in [0.4, 0.5) is 0 Å². The van der Waals surface area contributed by atoms with E-state index in [9.17, 15) is 9.59 Å². The van der Waals surface area contributed by atoms with Crippen molar-refractivity contribution in [2.75, 3.05) is 12.0 Å². The molecule has 2 unspecified atom stereocenters. The molecule has 0 aliphatic rings. The van der Waals surface area contributed by atoms with Crippen molar-refractivity contribution in [3.8, 4) is 0 Å². The Labute approximate surface area is 181 Å². The second-order valence-corrected chi connectivity index (χ2v) is 7.95. The highest BCUT2D eigenvalue weighted by atomic mass is 32.2. The summed E-state index contributed by atoms with van der Waals surface area (Å²) in [6.07, 6.45) is 2.88. The molecule has 7 nitrogen and oxygen atoms in total. The molecule has 8 heteroatoms. The molecular formula is C22H29N5O2S. The van der Waals surface area contributed by atoms with Crippen LogP contribution in [0.2, 0.25) is 0 Å². The summed E-state index contributed by atoms with van der Waals surface area (Å²) in [6, 6.07) is 15.3. The predicted molar refractivity (Wildman–Crippen MR) is 122 cm³/mol. The molecular weight excluding hydrogens is 398 g/mol. The fraction of sp³-hybridized carbons (Fsp3) is 0.318. The van der Waals surface area contributed by atoms with Crippen molar-refractivity contribution in [2.45, 2.75) is 31.5 Å².